The van der Waals surface area contributed by atoms with Gasteiger partial charge in [-0.15, -0.1) is 0 Å². The van der Waals surface area contributed by atoms with E-state index in [1.54, 1.807) is 55.5 Å². The van der Waals surface area contributed by atoms with E-state index in [1.165, 1.54) is 0 Å². The van der Waals surface area contributed by atoms with E-state index in [2.05, 4.69) is 10.5 Å². The van der Waals surface area contributed by atoms with E-state index < -0.39 is 0 Å². The molecule has 0 aromatic heterocycles. The van der Waals surface area contributed by atoms with Crippen LogP contribution in [0.1, 0.15) is 22.8 Å². The number of hydrogen-bond donors (Lipinski definition) is 3. The first kappa shape index (κ1) is 13.6. The minimum absolute atomic E-state index is 0.121. The summed E-state index contributed by atoms with van der Waals surface area (Å²) in [7, 11) is 0. The highest BCUT2D eigenvalue weighted by molar-refractivity contribution is 6.02. The van der Waals surface area contributed by atoms with Gasteiger partial charge in [0.25, 0.3) is 5.91 Å². The zero-order valence-electron chi connectivity index (χ0n) is 11.0. The smallest absolute Gasteiger partial charge is 0.271 e. The topological polar surface area (TPSA) is 87.7 Å². The first-order valence-corrected chi connectivity index (χ1v) is 6.06. The van der Waals surface area contributed by atoms with Gasteiger partial charge in [-0.2, -0.15) is 5.10 Å². The first-order valence-electron chi connectivity index (χ1n) is 6.06. The number of phenolic OH excluding ortho intramolecular Hbond substituents is 1. The fraction of sp³-hybridized carbons (Fsp3) is 0.0667. The zero-order valence-corrected chi connectivity index (χ0v) is 11.0. The Labute approximate surface area is 116 Å². The molecule has 2 rings (SSSR count). The molecule has 2 aromatic rings. The van der Waals surface area contributed by atoms with Crippen LogP contribution in [0, 0.1) is 0 Å². The van der Waals surface area contributed by atoms with Crippen LogP contribution < -0.4 is 11.2 Å². The lowest BCUT2D eigenvalue weighted by Gasteiger charge is -2.05. The van der Waals surface area contributed by atoms with Crippen LogP contribution in [0.4, 0.5) is 5.69 Å². The van der Waals surface area contributed by atoms with Crippen molar-refractivity contribution < 1.29 is 9.90 Å². The fourth-order valence-corrected chi connectivity index (χ4v) is 1.67. The van der Waals surface area contributed by atoms with Crippen molar-refractivity contribution in [1.29, 1.82) is 0 Å². The van der Waals surface area contributed by atoms with Gasteiger partial charge in [0.15, 0.2) is 0 Å². The van der Waals surface area contributed by atoms with Gasteiger partial charge in [0.05, 0.1) is 5.71 Å². The maximum atomic E-state index is 11.9. The van der Waals surface area contributed by atoms with E-state index in [-0.39, 0.29) is 11.7 Å². The van der Waals surface area contributed by atoms with Crippen molar-refractivity contribution >= 4 is 17.3 Å². The number of para-hydroxylation sites is 1. The van der Waals surface area contributed by atoms with Crippen LogP contribution in [0.25, 0.3) is 0 Å². The van der Waals surface area contributed by atoms with Crippen LogP contribution in [-0.4, -0.2) is 16.7 Å². The van der Waals surface area contributed by atoms with Gasteiger partial charge in [-0.3, -0.25) is 4.79 Å². The molecule has 5 nitrogen and oxygen atoms in total. The molecule has 0 fully saturated rings. The van der Waals surface area contributed by atoms with Gasteiger partial charge < -0.3 is 10.8 Å². The molecule has 1 amide bonds. The molecular weight excluding hydrogens is 254 g/mol. The molecular formula is C15H15N3O2. The molecule has 0 aliphatic carbocycles. The Morgan fingerprint density at radius 2 is 1.80 bits per heavy atom. The summed E-state index contributed by atoms with van der Waals surface area (Å²) >= 11 is 0. The monoisotopic (exact) mass is 269 g/mol. The third-order valence-electron chi connectivity index (χ3n) is 2.79. The maximum Gasteiger partial charge on any atom is 0.271 e. The number of nitrogens with zero attached hydrogens (tertiary/aromatic N) is 1. The van der Waals surface area contributed by atoms with E-state index in [4.69, 9.17) is 5.73 Å². The van der Waals surface area contributed by atoms with Crippen molar-refractivity contribution in [3.05, 3.63) is 59.7 Å². The van der Waals surface area contributed by atoms with Gasteiger partial charge in [-0.25, -0.2) is 5.43 Å². The van der Waals surface area contributed by atoms with E-state index in [0.717, 1.165) is 0 Å². The lowest BCUT2D eigenvalue weighted by molar-refractivity contribution is 0.0955. The maximum absolute atomic E-state index is 11.9. The number of anilines is 1. The van der Waals surface area contributed by atoms with Gasteiger partial charge >= 0.3 is 0 Å². The molecule has 102 valence electrons. The van der Waals surface area contributed by atoms with Gasteiger partial charge in [0.2, 0.25) is 0 Å². The molecule has 0 aliphatic heterocycles. The number of hydrazone groups is 1. The second-order valence-electron chi connectivity index (χ2n) is 4.28. The number of aromatic hydroxyl groups is 1. The molecule has 0 atom stereocenters. The molecule has 0 radical (unpaired) electrons. The van der Waals surface area contributed by atoms with Gasteiger partial charge in [-0.1, -0.05) is 12.1 Å². The van der Waals surface area contributed by atoms with Crippen LogP contribution in [-0.2, 0) is 0 Å². The number of amides is 1. The molecule has 0 saturated heterocycles. The third-order valence-corrected chi connectivity index (χ3v) is 2.79. The molecule has 20 heavy (non-hydrogen) atoms. The lowest BCUT2D eigenvalue weighted by atomic mass is 10.1. The number of benzene rings is 2. The molecule has 0 unspecified atom stereocenters. The number of nitrogen functional groups attached to an aromatic ring is 1. The Balaban J connectivity index is 2.11. The van der Waals surface area contributed by atoms with Crippen LogP contribution >= 0.6 is 0 Å². The minimum Gasteiger partial charge on any atom is -0.507 e. The molecule has 0 spiro atoms. The van der Waals surface area contributed by atoms with Gasteiger partial charge in [0, 0.05) is 16.8 Å². The van der Waals surface area contributed by atoms with Crippen molar-refractivity contribution in [3.63, 3.8) is 0 Å². The Bertz CT molecular complexity index is 648. The number of nitrogens with one attached hydrogen (secondary N) is 1. The summed E-state index contributed by atoms with van der Waals surface area (Å²) in [4.78, 5) is 11.9. The predicted octanol–water partition coefficient (Wildman–Crippen LogP) is 2.13. The standard InChI is InChI=1S/C15H15N3O2/c1-10(13-4-2-3-5-14(13)19)17-18-15(20)11-6-8-12(16)9-7-11/h2-9,19H,16H2,1H3,(H,18,20). The summed E-state index contributed by atoms with van der Waals surface area (Å²) in [6, 6.07) is 13.3. The highest BCUT2D eigenvalue weighted by atomic mass is 16.3. The molecule has 0 bridgehead atoms. The largest absolute Gasteiger partial charge is 0.507 e. The van der Waals surface area contributed by atoms with E-state index in [9.17, 15) is 9.90 Å². The molecule has 5 heteroatoms. The summed E-state index contributed by atoms with van der Waals surface area (Å²) in [6.45, 7) is 1.71. The zero-order chi connectivity index (χ0) is 14.5. The van der Waals surface area contributed by atoms with Crippen molar-refractivity contribution in [2.75, 3.05) is 5.73 Å². The molecule has 0 saturated carbocycles. The van der Waals surface area contributed by atoms with Gasteiger partial charge in [0.1, 0.15) is 5.75 Å². The molecule has 4 N–H and O–H groups in total. The SMILES string of the molecule is CC(=NNC(=O)c1ccc(N)cc1)c1ccccc1O. The Hall–Kier alpha value is -2.82. The summed E-state index contributed by atoms with van der Waals surface area (Å²) in [5.41, 5.74) is 10.1. The first-order chi connectivity index (χ1) is 9.58. The van der Waals surface area contributed by atoms with Crippen LogP contribution in [0.5, 0.6) is 5.75 Å². The number of phenols is 1. The fourth-order valence-electron chi connectivity index (χ4n) is 1.67. The normalized spacial score (nSPS) is 11.2. The van der Waals surface area contributed by atoms with Crippen molar-refractivity contribution in [1.82, 2.24) is 5.43 Å². The second kappa shape index (κ2) is 5.88. The average Bonchev–Trinajstić information content (AvgIpc) is 2.45. The Morgan fingerprint density at radius 3 is 2.45 bits per heavy atom. The number of hydrogen-bond acceptors (Lipinski definition) is 4. The van der Waals surface area contributed by atoms with Crippen LogP contribution in [0.2, 0.25) is 0 Å². The minimum atomic E-state index is -0.334. The van der Waals surface area contributed by atoms with Crippen molar-refractivity contribution in [2.24, 2.45) is 5.10 Å². The van der Waals surface area contributed by atoms with Crippen LogP contribution in [0.3, 0.4) is 0 Å². The molecule has 0 heterocycles. The molecule has 0 aliphatic rings. The van der Waals surface area contributed by atoms with Crippen molar-refractivity contribution in [2.45, 2.75) is 6.92 Å². The van der Waals surface area contributed by atoms with E-state index in [0.29, 0.717) is 22.5 Å². The highest BCUT2D eigenvalue weighted by Crippen LogP contribution is 2.16. The summed E-state index contributed by atoms with van der Waals surface area (Å²) in [5.74, 6) is -0.213. The lowest BCUT2D eigenvalue weighted by Crippen LogP contribution is -2.19. The summed E-state index contributed by atoms with van der Waals surface area (Å²) in [5, 5.41) is 13.7. The molecule has 2 aromatic carbocycles. The van der Waals surface area contributed by atoms with E-state index in [1.807, 2.05) is 0 Å². The number of rotatable bonds is 3. The second-order valence-corrected chi connectivity index (χ2v) is 4.28. The predicted molar refractivity (Wildman–Crippen MR) is 78.6 cm³/mol. The highest BCUT2D eigenvalue weighted by Gasteiger charge is 2.06. The Morgan fingerprint density at radius 1 is 1.15 bits per heavy atom. The van der Waals surface area contributed by atoms with Crippen LogP contribution in [0.15, 0.2) is 53.6 Å². The number of carbonyl (C=O) groups is 1. The van der Waals surface area contributed by atoms with Gasteiger partial charge in [-0.05, 0) is 43.3 Å². The third kappa shape index (κ3) is 3.14. The van der Waals surface area contributed by atoms with E-state index >= 15 is 0 Å². The number of nitrogens with two attached hydrogens (primary N) is 1. The summed E-state index contributed by atoms with van der Waals surface area (Å²) < 4.78 is 0. The number of carbonyl (C=O) groups excluding carboxylic acids is 1. The quantitative estimate of drug-likeness (QED) is 0.453. The average molecular weight is 269 g/mol. The Kier molecular flexibility index (Phi) is 4.00. The van der Waals surface area contributed by atoms with Crippen molar-refractivity contribution in [3.8, 4) is 5.75 Å². The summed E-state index contributed by atoms with van der Waals surface area (Å²) in [6.07, 6.45) is 0.